The van der Waals surface area contributed by atoms with Crippen LogP contribution in [0.4, 0.5) is 0 Å². The van der Waals surface area contributed by atoms with Crippen molar-refractivity contribution in [2.45, 2.75) is 49.3 Å². The second-order valence-corrected chi connectivity index (χ2v) is 8.95. The lowest BCUT2D eigenvalue weighted by Crippen LogP contribution is -2.51. The van der Waals surface area contributed by atoms with Crippen LogP contribution in [-0.4, -0.2) is 60.8 Å². The van der Waals surface area contributed by atoms with E-state index in [1.807, 2.05) is 13.0 Å². The summed E-state index contributed by atoms with van der Waals surface area (Å²) in [6, 6.07) is 6.13. The average Bonchev–Trinajstić information content (AvgIpc) is 2.75. The number of carbonyl (C=O) groups is 1. The molecule has 1 saturated heterocycles. The molecule has 1 aliphatic heterocycles. The number of aliphatic hydroxyl groups is 1. The average molecular weight is 435 g/mol. The van der Waals surface area contributed by atoms with E-state index in [0.717, 1.165) is 5.56 Å². The number of aliphatic hydroxyl groups excluding tert-OH is 1. The van der Waals surface area contributed by atoms with Crippen LogP contribution in [0.15, 0.2) is 47.8 Å². The lowest BCUT2D eigenvalue weighted by molar-refractivity contribution is -0.0871. The standard InChI is InChI=1S/C20H26N4O5S/c1-14-3-2-4-16(11-14)30(27,28)24-17-6-5-15(29-19(17)13-25)7-8-23-20(26)18-12-21-9-10-22-18/h2-4,9-12,15,17,19,24-25H,5-8,13H2,1H3,(H,23,26)/t15-,17-,19+/m1/s1. The molecule has 30 heavy (non-hydrogen) atoms. The normalized spacial score (nSPS) is 21.9. The zero-order valence-corrected chi connectivity index (χ0v) is 17.5. The molecule has 3 N–H and O–H groups in total. The number of nitrogens with zero attached hydrogens (tertiary/aromatic N) is 2. The molecule has 0 saturated carbocycles. The fourth-order valence-electron chi connectivity index (χ4n) is 3.38. The number of benzene rings is 1. The van der Waals surface area contributed by atoms with Crippen molar-refractivity contribution < 1.29 is 23.1 Å². The Morgan fingerprint density at radius 3 is 2.83 bits per heavy atom. The number of sulfonamides is 1. The molecule has 0 bridgehead atoms. The molecule has 0 spiro atoms. The minimum absolute atomic E-state index is 0.188. The van der Waals surface area contributed by atoms with Gasteiger partial charge >= 0.3 is 0 Å². The summed E-state index contributed by atoms with van der Waals surface area (Å²) in [6.45, 7) is 1.90. The first-order chi connectivity index (χ1) is 14.4. The van der Waals surface area contributed by atoms with Gasteiger partial charge in [0.2, 0.25) is 10.0 Å². The lowest BCUT2D eigenvalue weighted by Gasteiger charge is -2.36. The van der Waals surface area contributed by atoms with Crippen LogP contribution in [0, 0.1) is 6.92 Å². The number of carbonyl (C=O) groups excluding carboxylic acids is 1. The lowest BCUT2D eigenvalue weighted by atomic mass is 9.98. The topological polar surface area (TPSA) is 131 Å². The SMILES string of the molecule is Cc1cccc(S(=O)(=O)N[C@@H]2CC[C@H](CCNC(=O)c3cnccn3)O[C@H]2CO)c1. The van der Waals surface area contributed by atoms with Gasteiger partial charge in [-0.25, -0.2) is 18.1 Å². The summed E-state index contributed by atoms with van der Waals surface area (Å²) in [5.41, 5.74) is 1.08. The zero-order valence-electron chi connectivity index (χ0n) is 16.7. The number of aromatic nitrogens is 2. The van der Waals surface area contributed by atoms with Crippen LogP contribution in [0.5, 0.6) is 0 Å². The van der Waals surface area contributed by atoms with E-state index in [0.29, 0.717) is 25.8 Å². The summed E-state index contributed by atoms with van der Waals surface area (Å²) < 4.78 is 33.9. The largest absolute Gasteiger partial charge is 0.394 e. The van der Waals surface area contributed by atoms with Gasteiger partial charge in [0, 0.05) is 18.9 Å². The number of amides is 1. The van der Waals surface area contributed by atoms with Gasteiger partial charge in [0.1, 0.15) is 5.69 Å². The minimum Gasteiger partial charge on any atom is -0.394 e. The summed E-state index contributed by atoms with van der Waals surface area (Å²) >= 11 is 0. The van der Waals surface area contributed by atoms with Crippen LogP contribution in [0.1, 0.15) is 35.3 Å². The van der Waals surface area contributed by atoms with Gasteiger partial charge in [0.25, 0.3) is 5.91 Å². The number of ether oxygens (including phenoxy) is 1. The Kier molecular flexibility index (Phi) is 7.48. The maximum atomic E-state index is 12.7. The molecule has 3 rings (SSSR count). The van der Waals surface area contributed by atoms with Crippen LogP contribution < -0.4 is 10.0 Å². The van der Waals surface area contributed by atoms with Crippen molar-refractivity contribution in [2.24, 2.45) is 0 Å². The van der Waals surface area contributed by atoms with Crippen molar-refractivity contribution in [1.29, 1.82) is 0 Å². The van der Waals surface area contributed by atoms with E-state index in [1.54, 1.807) is 12.1 Å². The molecule has 3 atom stereocenters. The second-order valence-electron chi connectivity index (χ2n) is 7.24. The van der Waals surface area contributed by atoms with Crippen molar-refractivity contribution >= 4 is 15.9 Å². The highest BCUT2D eigenvalue weighted by atomic mass is 32.2. The number of hydrogen-bond acceptors (Lipinski definition) is 7. The summed E-state index contributed by atoms with van der Waals surface area (Å²) in [5.74, 6) is -0.318. The maximum Gasteiger partial charge on any atom is 0.271 e. The molecule has 1 amide bonds. The van der Waals surface area contributed by atoms with Gasteiger partial charge in [-0.3, -0.25) is 9.78 Å². The highest BCUT2D eigenvalue weighted by Gasteiger charge is 2.33. The van der Waals surface area contributed by atoms with Gasteiger partial charge in [0.05, 0.1) is 35.9 Å². The molecule has 1 aromatic carbocycles. The van der Waals surface area contributed by atoms with Crippen molar-refractivity contribution in [3.8, 4) is 0 Å². The molecule has 2 heterocycles. The highest BCUT2D eigenvalue weighted by Crippen LogP contribution is 2.23. The molecule has 0 radical (unpaired) electrons. The number of nitrogens with one attached hydrogen (secondary N) is 2. The predicted octanol–water partition coefficient (Wildman–Crippen LogP) is 0.792. The van der Waals surface area contributed by atoms with E-state index in [9.17, 15) is 18.3 Å². The van der Waals surface area contributed by atoms with Gasteiger partial charge in [-0.05, 0) is 43.9 Å². The Morgan fingerprint density at radius 1 is 1.30 bits per heavy atom. The van der Waals surface area contributed by atoms with E-state index in [4.69, 9.17) is 4.74 Å². The van der Waals surface area contributed by atoms with Gasteiger partial charge in [-0.1, -0.05) is 12.1 Å². The molecule has 1 aliphatic rings. The summed E-state index contributed by atoms with van der Waals surface area (Å²) in [4.78, 5) is 20.0. The van der Waals surface area contributed by atoms with E-state index in [2.05, 4.69) is 20.0 Å². The summed E-state index contributed by atoms with van der Waals surface area (Å²) in [6.07, 6.45) is 5.16. The molecular weight excluding hydrogens is 408 g/mol. The molecule has 2 aromatic rings. The zero-order chi connectivity index (χ0) is 21.6. The monoisotopic (exact) mass is 434 g/mol. The quantitative estimate of drug-likeness (QED) is 0.560. The molecule has 9 nitrogen and oxygen atoms in total. The third kappa shape index (κ3) is 5.82. The van der Waals surface area contributed by atoms with E-state index < -0.39 is 22.2 Å². The van der Waals surface area contributed by atoms with Gasteiger partial charge in [0.15, 0.2) is 0 Å². The summed E-state index contributed by atoms with van der Waals surface area (Å²) in [7, 11) is -3.71. The van der Waals surface area contributed by atoms with Gasteiger partial charge < -0.3 is 15.2 Å². The van der Waals surface area contributed by atoms with Crippen LogP contribution in [-0.2, 0) is 14.8 Å². The Balaban J connectivity index is 1.51. The number of rotatable bonds is 8. The first-order valence-electron chi connectivity index (χ1n) is 9.78. The third-order valence-corrected chi connectivity index (χ3v) is 6.44. The minimum atomic E-state index is -3.71. The number of hydrogen-bond donors (Lipinski definition) is 3. The molecular formula is C20H26N4O5S. The molecule has 1 fully saturated rings. The fraction of sp³-hybridized carbons (Fsp3) is 0.450. The molecule has 162 valence electrons. The van der Waals surface area contributed by atoms with Crippen molar-refractivity contribution in [3.63, 3.8) is 0 Å². The molecule has 1 aromatic heterocycles. The van der Waals surface area contributed by atoms with Crippen LogP contribution in [0.25, 0.3) is 0 Å². The predicted molar refractivity (Wildman–Crippen MR) is 109 cm³/mol. The maximum absolute atomic E-state index is 12.7. The Morgan fingerprint density at radius 2 is 2.13 bits per heavy atom. The van der Waals surface area contributed by atoms with Crippen LogP contribution >= 0.6 is 0 Å². The Labute approximate surface area is 176 Å². The highest BCUT2D eigenvalue weighted by molar-refractivity contribution is 7.89. The fourth-order valence-corrected chi connectivity index (χ4v) is 4.79. The Bertz CT molecular complexity index is 955. The first kappa shape index (κ1) is 22.3. The molecule has 10 heteroatoms. The smallest absolute Gasteiger partial charge is 0.271 e. The Hall–Kier alpha value is -2.40. The van der Waals surface area contributed by atoms with Crippen LogP contribution in [0.3, 0.4) is 0 Å². The second kappa shape index (κ2) is 10.1. The molecule has 0 aliphatic carbocycles. The van der Waals surface area contributed by atoms with Gasteiger partial charge in [-0.2, -0.15) is 0 Å². The van der Waals surface area contributed by atoms with Crippen LogP contribution in [0.2, 0.25) is 0 Å². The van der Waals surface area contributed by atoms with Gasteiger partial charge in [-0.15, -0.1) is 0 Å². The van der Waals surface area contributed by atoms with E-state index >= 15 is 0 Å². The first-order valence-corrected chi connectivity index (χ1v) is 11.3. The molecule has 0 unspecified atom stereocenters. The third-order valence-electron chi connectivity index (χ3n) is 4.95. The van der Waals surface area contributed by atoms with E-state index in [-0.39, 0.29) is 29.2 Å². The van der Waals surface area contributed by atoms with Crippen molar-refractivity contribution in [2.75, 3.05) is 13.2 Å². The van der Waals surface area contributed by atoms with E-state index in [1.165, 1.54) is 24.7 Å². The summed E-state index contributed by atoms with van der Waals surface area (Å²) in [5, 5.41) is 12.5. The van der Waals surface area contributed by atoms with Crippen molar-refractivity contribution in [3.05, 3.63) is 54.1 Å². The number of aryl methyl sites for hydroxylation is 1. The van der Waals surface area contributed by atoms with Crippen molar-refractivity contribution in [1.82, 2.24) is 20.0 Å².